The molecule has 23 heavy (non-hydrogen) atoms. The van der Waals surface area contributed by atoms with Gasteiger partial charge in [0.05, 0.1) is 4.90 Å². The molecule has 0 heterocycles. The van der Waals surface area contributed by atoms with Gasteiger partial charge in [-0.1, -0.05) is 53.7 Å². The first kappa shape index (κ1) is 17.0. The summed E-state index contributed by atoms with van der Waals surface area (Å²) in [4.78, 5) is 4.10. The predicted molar refractivity (Wildman–Crippen MR) is 78.3 cm³/mol. The Hall–Kier alpha value is -2.35. The van der Waals surface area contributed by atoms with Crippen molar-refractivity contribution in [1.29, 1.82) is 0 Å². The number of halogens is 3. The fourth-order valence-corrected chi connectivity index (χ4v) is 2.90. The summed E-state index contributed by atoms with van der Waals surface area (Å²) in [5, 5.41) is 0.863. The van der Waals surface area contributed by atoms with Gasteiger partial charge in [0.1, 0.15) is 6.61 Å². The third-order valence-corrected chi connectivity index (χ3v) is 4.48. The average Bonchev–Trinajstić information content (AvgIpc) is 2.52. The zero-order valence-electron chi connectivity index (χ0n) is 11.7. The van der Waals surface area contributed by atoms with Crippen molar-refractivity contribution in [1.82, 2.24) is 0 Å². The Bertz CT molecular complexity index is 773. The van der Waals surface area contributed by atoms with Crippen molar-refractivity contribution in [3.05, 3.63) is 66.2 Å². The molecule has 0 aromatic heterocycles. The van der Waals surface area contributed by atoms with Crippen molar-refractivity contribution >= 4 is 14.9 Å². The molecule has 0 aliphatic carbocycles. The first-order valence-corrected chi connectivity index (χ1v) is 7.91. The van der Waals surface area contributed by atoms with Crippen LogP contribution in [0.25, 0.3) is 0 Å². The molecule has 0 atom stereocenters. The Morgan fingerprint density at radius 3 is 2.00 bits per heavy atom. The van der Waals surface area contributed by atoms with Crippen LogP contribution in [0.3, 0.4) is 0 Å². The second kappa shape index (κ2) is 6.82. The summed E-state index contributed by atoms with van der Waals surface area (Å²) in [6, 6.07) is 14.6. The maximum atomic E-state index is 13.0. The fourth-order valence-electron chi connectivity index (χ4n) is 1.70. The number of hydrogen-bond acceptors (Lipinski definition) is 4. The van der Waals surface area contributed by atoms with Crippen molar-refractivity contribution in [2.45, 2.75) is 17.7 Å². The van der Waals surface area contributed by atoms with E-state index in [1.165, 1.54) is 18.2 Å². The molecular formula is C15H12F3NO3S. The van der Waals surface area contributed by atoms with E-state index in [4.69, 9.17) is 0 Å². The number of sulfone groups is 1. The Morgan fingerprint density at radius 2 is 1.48 bits per heavy atom. The van der Waals surface area contributed by atoms with Gasteiger partial charge in [-0.15, -0.1) is 0 Å². The Labute approximate surface area is 131 Å². The van der Waals surface area contributed by atoms with Gasteiger partial charge in [-0.3, -0.25) is 0 Å². The summed E-state index contributed by atoms with van der Waals surface area (Å²) in [5.41, 5.74) is 0.565. The fraction of sp³-hybridized carbons (Fsp3) is 0.133. The van der Waals surface area contributed by atoms with Gasteiger partial charge < -0.3 is 4.84 Å². The first-order chi connectivity index (χ1) is 10.8. The smallest absolute Gasteiger partial charge is 0.390 e. The first-order valence-electron chi connectivity index (χ1n) is 6.43. The molecule has 0 unspecified atom stereocenters. The topological polar surface area (TPSA) is 55.7 Å². The minimum Gasteiger partial charge on any atom is -0.390 e. The van der Waals surface area contributed by atoms with Gasteiger partial charge >= 0.3 is 6.18 Å². The van der Waals surface area contributed by atoms with Crippen LogP contribution in [0.1, 0.15) is 5.56 Å². The highest BCUT2D eigenvalue weighted by Crippen LogP contribution is 2.26. The van der Waals surface area contributed by atoms with Crippen LogP contribution in [-0.4, -0.2) is 19.6 Å². The summed E-state index contributed by atoms with van der Waals surface area (Å²) in [7, 11) is -4.81. The Morgan fingerprint density at radius 1 is 0.957 bits per heavy atom. The van der Waals surface area contributed by atoms with E-state index in [0.29, 0.717) is 5.56 Å². The van der Waals surface area contributed by atoms with E-state index in [2.05, 4.69) is 9.99 Å². The van der Waals surface area contributed by atoms with E-state index >= 15 is 0 Å². The molecule has 4 nitrogen and oxygen atoms in total. The summed E-state index contributed by atoms with van der Waals surface area (Å²) in [6.45, 7) is -0.273. The van der Waals surface area contributed by atoms with Crippen molar-refractivity contribution in [3.8, 4) is 0 Å². The molecule has 0 saturated carbocycles. The minimum absolute atomic E-state index is 0.273. The summed E-state index contributed by atoms with van der Waals surface area (Å²) >= 11 is 0. The van der Waals surface area contributed by atoms with Gasteiger partial charge in [0.15, 0.2) is 0 Å². The third-order valence-electron chi connectivity index (χ3n) is 2.77. The lowest BCUT2D eigenvalue weighted by atomic mass is 10.2. The monoisotopic (exact) mass is 343 g/mol. The van der Waals surface area contributed by atoms with E-state index < -0.39 is 26.0 Å². The van der Waals surface area contributed by atoms with Crippen molar-refractivity contribution in [2.75, 3.05) is 0 Å². The van der Waals surface area contributed by atoms with Crippen LogP contribution in [0.4, 0.5) is 13.2 Å². The van der Waals surface area contributed by atoms with E-state index in [0.717, 1.165) is 12.1 Å². The lowest BCUT2D eigenvalue weighted by Crippen LogP contribution is -2.31. The predicted octanol–water partition coefficient (Wildman–Crippen LogP) is 3.55. The largest absolute Gasteiger partial charge is 0.448 e. The molecule has 8 heteroatoms. The highest BCUT2D eigenvalue weighted by Gasteiger charge is 2.46. The highest BCUT2D eigenvalue weighted by atomic mass is 32.2. The number of benzene rings is 2. The lowest BCUT2D eigenvalue weighted by molar-refractivity contribution is -0.0594. The highest BCUT2D eigenvalue weighted by molar-refractivity contribution is 8.06. The van der Waals surface area contributed by atoms with E-state index in [1.54, 1.807) is 30.3 Å². The molecule has 122 valence electrons. The van der Waals surface area contributed by atoms with Gasteiger partial charge in [-0.25, -0.2) is 8.42 Å². The second-order valence-electron chi connectivity index (χ2n) is 4.47. The van der Waals surface area contributed by atoms with Gasteiger partial charge in [-0.05, 0) is 17.7 Å². The number of alkyl halides is 3. The molecule has 2 rings (SSSR count). The van der Waals surface area contributed by atoms with Gasteiger partial charge in [0.2, 0.25) is 9.84 Å². The van der Waals surface area contributed by atoms with Crippen LogP contribution in [0, 0.1) is 0 Å². The van der Waals surface area contributed by atoms with Crippen LogP contribution in [0.15, 0.2) is 70.7 Å². The molecule has 0 aliphatic heterocycles. The van der Waals surface area contributed by atoms with Gasteiger partial charge in [-0.2, -0.15) is 13.2 Å². The molecule has 0 radical (unpaired) electrons. The van der Waals surface area contributed by atoms with Crippen molar-refractivity contribution in [2.24, 2.45) is 5.16 Å². The van der Waals surface area contributed by atoms with Gasteiger partial charge in [0, 0.05) is 0 Å². The van der Waals surface area contributed by atoms with Crippen molar-refractivity contribution in [3.63, 3.8) is 0 Å². The molecule has 0 amide bonds. The maximum Gasteiger partial charge on any atom is 0.448 e. The number of rotatable bonds is 4. The van der Waals surface area contributed by atoms with Crippen LogP contribution in [0.5, 0.6) is 0 Å². The zero-order valence-corrected chi connectivity index (χ0v) is 12.5. The van der Waals surface area contributed by atoms with Gasteiger partial charge in [0.25, 0.3) is 5.04 Å². The third kappa shape index (κ3) is 4.32. The minimum atomic E-state index is -5.16. The van der Waals surface area contributed by atoms with Crippen LogP contribution < -0.4 is 0 Å². The normalized spacial score (nSPS) is 12.9. The van der Waals surface area contributed by atoms with Crippen molar-refractivity contribution < 1.29 is 26.4 Å². The van der Waals surface area contributed by atoms with E-state index in [1.807, 2.05) is 0 Å². The zero-order chi connectivity index (χ0) is 16.9. The lowest BCUT2D eigenvalue weighted by Gasteiger charge is -2.11. The van der Waals surface area contributed by atoms with E-state index in [9.17, 15) is 21.6 Å². The molecule has 0 saturated heterocycles. The number of nitrogens with zero attached hydrogens (tertiary/aromatic N) is 1. The molecular weight excluding hydrogens is 331 g/mol. The molecule has 0 N–H and O–H groups in total. The average molecular weight is 343 g/mol. The van der Waals surface area contributed by atoms with Crippen LogP contribution in [-0.2, 0) is 21.3 Å². The Kier molecular flexibility index (Phi) is 5.05. The van der Waals surface area contributed by atoms with Crippen LogP contribution >= 0.6 is 0 Å². The number of hydrogen-bond donors (Lipinski definition) is 0. The molecule has 0 bridgehead atoms. The van der Waals surface area contributed by atoms with E-state index in [-0.39, 0.29) is 6.61 Å². The van der Waals surface area contributed by atoms with Crippen LogP contribution in [0.2, 0.25) is 0 Å². The standard InChI is InChI=1S/C15H12F3NO3S/c16-15(17,18)14(19-22-11-12-7-3-1-4-8-12)23(20,21)13-9-5-2-6-10-13/h1-10H,11H2. The second-order valence-corrected chi connectivity index (χ2v) is 6.33. The quantitative estimate of drug-likeness (QED) is 0.485. The molecule has 2 aromatic rings. The molecule has 0 fully saturated rings. The summed E-state index contributed by atoms with van der Waals surface area (Å²) in [6.07, 6.45) is -5.16. The molecule has 0 spiro atoms. The SMILES string of the molecule is O=S(=O)(C(=NOCc1ccccc1)C(F)(F)F)c1ccccc1. The maximum absolute atomic E-state index is 13.0. The molecule has 0 aliphatic rings. The Balaban J connectivity index is 2.29. The number of oxime groups is 1. The summed E-state index contributed by atoms with van der Waals surface area (Å²) < 4.78 is 63.3. The molecule has 2 aromatic carbocycles. The summed E-state index contributed by atoms with van der Waals surface area (Å²) in [5.74, 6) is 0.